The Morgan fingerprint density at radius 3 is 2.38 bits per heavy atom. The van der Waals surface area contributed by atoms with E-state index in [0.29, 0.717) is 18.4 Å². The van der Waals surface area contributed by atoms with E-state index in [0.717, 1.165) is 18.2 Å². The van der Waals surface area contributed by atoms with Crippen molar-refractivity contribution < 1.29 is 23.4 Å². The number of carboxylic acid groups (broad SMARTS) is 1. The Labute approximate surface area is 90.7 Å². The van der Waals surface area contributed by atoms with Crippen molar-refractivity contribution in [2.75, 3.05) is 0 Å². The van der Waals surface area contributed by atoms with Gasteiger partial charge in [0.05, 0.1) is 6.10 Å². The fourth-order valence-electron chi connectivity index (χ4n) is 1.83. The summed E-state index contributed by atoms with van der Waals surface area (Å²) in [6, 6.07) is 3.10. The molecule has 1 aromatic rings. The molecule has 1 aliphatic rings. The number of carbonyl (C=O) groups is 1. The van der Waals surface area contributed by atoms with Crippen LogP contribution in [0.15, 0.2) is 18.2 Å². The molecule has 0 saturated carbocycles. The van der Waals surface area contributed by atoms with Gasteiger partial charge in [-0.15, -0.1) is 0 Å². The number of benzene rings is 1. The molecule has 5 heteroatoms. The van der Waals surface area contributed by atoms with E-state index in [4.69, 9.17) is 9.84 Å². The molecular weight excluding hydrogens is 218 g/mol. The third kappa shape index (κ3) is 2.19. The van der Waals surface area contributed by atoms with Gasteiger partial charge in [-0.2, -0.15) is 0 Å². The highest BCUT2D eigenvalue weighted by atomic mass is 19.1. The Morgan fingerprint density at radius 2 is 1.88 bits per heavy atom. The second kappa shape index (κ2) is 4.17. The molecule has 0 amide bonds. The summed E-state index contributed by atoms with van der Waals surface area (Å²) in [5.41, 5.74) is 0.348. The minimum atomic E-state index is -1.04. The normalized spacial score (nSPS) is 24.6. The standard InChI is InChI=1S/C11H10F2O3/c12-7-3-6(4-8(13)5-7)9-1-2-10(16-9)11(14)15/h3-5,9-10H,1-2H2,(H,14,15)/t9-,10+/m0/s1. The van der Waals surface area contributed by atoms with Crippen LogP contribution in [0.1, 0.15) is 24.5 Å². The molecule has 1 heterocycles. The van der Waals surface area contributed by atoms with E-state index in [2.05, 4.69) is 0 Å². The van der Waals surface area contributed by atoms with E-state index in [-0.39, 0.29) is 0 Å². The quantitative estimate of drug-likeness (QED) is 0.844. The third-order valence-electron chi connectivity index (χ3n) is 2.55. The number of aliphatic carboxylic acids is 1. The Hall–Kier alpha value is -1.49. The smallest absolute Gasteiger partial charge is 0.332 e. The van der Waals surface area contributed by atoms with Crippen LogP contribution in [0.25, 0.3) is 0 Å². The lowest BCUT2D eigenvalue weighted by molar-refractivity contribution is -0.149. The van der Waals surface area contributed by atoms with Crippen molar-refractivity contribution >= 4 is 5.97 Å². The fourth-order valence-corrected chi connectivity index (χ4v) is 1.83. The topological polar surface area (TPSA) is 46.5 Å². The molecule has 0 unspecified atom stereocenters. The van der Waals surface area contributed by atoms with Crippen LogP contribution >= 0.6 is 0 Å². The summed E-state index contributed by atoms with van der Waals surface area (Å²) in [6.07, 6.45) is -0.597. The lowest BCUT2D eigenvalue weighted by Crippen LogP contribution is -2.18. The van der Waals surface area contributed by atoms with E-state index in [9.17, 15) is 13.6 Å². The first-order valence-corrected chi connectivity index (χ1v) is 4.90. The second-order valence-electron chi connectivity index (χ2n) is 3.73. The molecule has 1 fully saturated rings. The largest absolute Gasteiger partial charge is 0.479 e. The van der Waals surface area contributed by atoms with Gasteiger partial charge >= 0.3 is 5.97 Å². The van der Waals surface area contributed by atoms with Crippen molar-refractivity contribution in [3.63, 3.8) is 0 Å². The van der Waals surface area contributed by atoms with Crippen LogP contribution in [-0.4, -0.2) is 17.2 Å². The van der Waals surface area contributed by atoms with E-state index < -0.39 is 29.8 Å². The van der Waals surface area contributed by atoms with Crippen LogP contribution in [0.2, 0.25) is 0 Å². The first-order valence-electron chi connectivity index (χ1n) is 4.90. The van der Waals surface area contributed by atoms with Gasteiger partial charge in [0, 0.05) is 6.07 Å². The van der Waals surface area contributed by atoms with Gasteiger partial charge in [0.1, 0.15) is 11.6 Å². The molecular formula is C11H10F2O3. The zero-order valence-electron chi connectivity index (χ0n) is 8.32. The van der Waals surface area contributed by atoms with Gasteiger partial charge in [0.25, 0.3) is 0 Å². The summed E-state index contributed by atoms with van der Waals surface area (Å²) >= 11 is 0. The van der Waals surface area contributed by atoms with Crippen molar-refractivity contribution in [2.24, 2.45) is 0 Å². The van der Waals surface area contributed by atoms with Crippen molar-refractivity contribution in [2.45, 2.75) is 25.0 Å². The van der Waals surface area contributed by atoms with Gasteiger partial charge in [-0.25, -0.2) is 13.6 Å². The summed E-state index contributed by atoms with van der Waals surface area (Å²) in [7, 11) is 0. The Kier molecular flexibility index (Phi) is 2.87. The monoisotopic (exact) mass is 228 g/mol. The zero-order valence-corrected chi connectivity index (χ0v) is 8.32. The zero-order chi connectivity index (χ0) is 11.7. The lowest BCUT2D eigenvalue weighted by atomic mass is 10.1. The summed E-state index contributed by atoms with van der Waals surface area (Å²) < 4.78 is 31.0. The number of ether oxygens (including phenoxy) is 1. The van der Waals surface area contributed by atoms with E-state index >= 15 is 0 Å². The van der Waals surface area contributed by atoms with Crippen molar-refractivity contribution in [1.82, 2.24) is 0 Å². The molecule has 0 aromatic heterocycles. The molecule has 1 saturated heterocycles. The predicted octanol–water partition coefficient (Wildman–Crippen LogP) is 2.27. The molecule has 86 valence electrons. The lowest BCUT2D eigenvalue weighted by Gasteiger charge is -2.11. The SMILES string of the molecule is O=C(O)[C@H]1CC[C@@H](c2cc(F)cc(F)c2)O1. The molecule has 1 N–H and O–H groups in total. The molecule has 0 radical (unpaired) electrons. The van der Waals surface area contributed by atoms with Crippen LogP contribution < -0.4 is 0 Å². The van der Waals surface area contributed by atoms with Gasteiger partial charge in [0.2, 0.25) is 0 Å². The molecule has 0 spiro atoms. The number of halogens is 2. The van der Waals surface area contributed by atoms with Gasteiger partial charge < -0.3 is 9.84 Å². The molecule has 2 atom stereocenters. The van der Waals surface area contributed by atoms with Gasteiger partial charge in [-0.05, 0) is 30.5 Å². The van der Waals surface area contributed by atoms with Crippen LogP contribution in [0.4, 0.5) is 8.78 Å². The predicted molar refractivity (Wildman–Crippen MR) is 50.8 cm³/mol. The van der Waals surface area contributed by atoms with Crippen LogP contribution in [0.5, 0.6) is 0 Å². The maximum atomic E-state index is 12.9. The second-order valence-corrected chi connectivity index (χ2v) is 3.73. The van der Waals surface area contributed by atoms with Gasteiger partial charge in [-0.3, -0.25) is 0 Å². The van der Waals surface area contributed by atoms with Crippen LogP contribution in [0, 0.1) is 11.6 Å². The maximum absolute atomic E-state index is 12.9. The van der Waals surface area contributed by atoms with E-state index in [1.807, 2.05) is 0 Å². The van der Waals surface area contributed by atoms with Gasteiger partial charge in [-0.1, -0.05) is 0 Å². The minimum absolute atomic E-state index is 0.348. The summed E-state index contributed by atoms with van der Waals surface area (Å²) in [6.45, 7) is 0. The van der Waals surface area contributed by atoms with Crippen LogP contribution in [0.3, 0.4) is 0 Å². The highest BCUT2D eigenvalue weighted by Crippen LogP contribution is 2.33. The third-order valence-corrected chi connectivity index (χ3v) is 2.55. The molecule has 2 rings (SSSR count). The molecule has 1 aliphatic heterocycles. The molecule has 0 aliphatic carbocycles. The van der Waals surface area contributed by atoms with Gasteiger partial charge in [0.15, 0.2) is 6.10 Å². The first-order chi connectivity index (χ1) is 7.56. The minimum Gasteiger partial charge on any atom is -0.479 e. The van der Waals surface area contributed by atoms with E-state index in [1.54, 1.807) is 0 Å². The highest BCUT2D eigenvalue weighted by Gasteiger charge is 2.31. The average Bonchev–Trinajstić information content (AvgIpc) is 2.64. The Bertz CT molecular complexity index is 399. The van der Waals surface area contributed by atoms with Crippen LogP contribution in [-0.2, 0) is 9.53 Å². The van der Waals surface area contributed by atoms with Crippen molar-refractivity contribution in [3.8, 4) is 0 Å². The number of rotatable bonds is 2. The van der Waals surface area contributed by atoms with Crippen molar-refractivity contribution in [1.29, 1.82) is 0 Å². The van der Waals surface area contributed by atoms with Crippen molar-refractivity contribution in [3.05, 3.63) is 35.4 Å². The number of hydrogen-bond donors (Lipinski definition) is 1. The molecule has 0 bridgehead atoms. The summed E-state index contributed by atoms with van der Waals surface area (Å²) in [5.74, 6) is -2.41. The van der Waals surface area contributed by atoms with E-state index in [1.165, 1.54) is 0 Å². The first kappa shape index (κ1) is 11.0. The average molecular weight is 228 g/mol. The highest BCUT2D eigenvalue weighted by molar-refractivity contribution is 5.72. The fraction of sp³-hybridized carbons (Fsp3) is 0.364. The summed E-state index contributed by atoms with van der Waals surface area (Å²) in [4.78, 5) is 10.6. The maximum Gasteiger partial charge on any atom is 0.332 e. The molecule has 1 aromatic carbocycles. The Morgan fingerprint density at radius 1 is 1.25 bits per heavy atom. The summed E-state index contributed by atoms with van der Waals surface area (Å²) in [5, 5.41) is 8.71. The number of carboxylic acids is 1. The number of hydrogen-bond acceptors (Lipinski definition) is 2. The Balaban J connectivity index is 2.17. The molecule has 16 heavy (non-hydrogen) atoms. The molecule has 3 nitrogen and oxygen atoms in total.